The standard InChI is InChI=1S/C17H30N4/c1-4-5-12-21(3)17-18-14(2)13-16(20-17)19-15-10-8-6-7-9-11-15/h13,15H,4-12H2,1-3H3,(H,18,19,20). The predicted octanol–water partition coefficient (Wildman–Crippen LogP) is 4.16. The van der Waals surface area contributed by atoms with Crippen molar-refractivity contribution in [3.05, 3.63) is 11.8 Å². The van der Waals surface area contributed by atoms with E-state index in [0.29, 0.717) is 6.04 Å². The Labute approximate surface area is 129 Å². The highest BCUT2D eigenvalue weighted by molar-refractivity contribution is 5.43. The Morgan fingerprint density at radius 3 is 2.57 bits per heavy atom. The minimum absolute atomic E-state index is 0.579. The van der Waals surface area contributed by atoms with Crippen molar-refractivity contribution in [1.29, 1.82) is 0 Å². The number of aromatic nitrogens is 2. The molecule has 0 amide bonds. The van der Waals surface area contributed by atoms with Crippen molar-refractivity contribution < 1.29 is 0 Å². The first-order valence-electron chi connectivity index (χ1n) is 8.52. The van der Waals surface area contributed by atoms with Gasteiger partial charge in [-0.2, -0.15) is 4.98 Å². The molecule has 0 bridgehead atoms. The van der Waals surface area contributed by atoms with Gasteiger partial charge in [-0.1, -0.05) is 39.0 Å². The van der Waals surface area contributed by atoms with E-state index in [2.05, 4.69) is 42.2 Å². The number of aryl methyl sites for hydroxylation is 1. The van der Waals surface area contributed by atoms with E-state index in [9.17, 15) is 0 Å². The summed E-state index contributed by atoms with van der Waals surface area (Å²) in [4.78, 5) is 11.4. The van der Waals surface area contributed by atoms with Crippen LogP contribution in [0.4, 0.5) is 11.8 Å². The molecule has 118 valence electrons. The van der Waals surface area contributed by atoms with Gasteiger partial charge in [0.05, 0.1) is 0 Å². The predicted molar refractivity (Wildman–Crippen MR) is 90.1 cm³/mol. The molecular formula is C17H30N4. The Morgan fingerprint density at radius 2 is 1.90 bits per heavy atom. The summed E-state index contributed by atoms with van der Waals surface area (Å²) in [7, 11) is 2.08. The Morgan fingerprint density at radius 1 is 1.19 bits per heavy atom. The number of nitrogens with zero attached hydrogens (tertiary/aromatic N) is 3. The van der Waals surface area contributed by atoms with Gasteiger partial charge in [0, 0.05) is 31.4 Å². The topological polar surface area (TPSA) is 41.1 Å². The van der Waals surface area contributed by atoms with E-state index in [1.165, 1.54) is 51.4 Å². The molecule has 0 unspecified atom stereocenters. The fourth-order valence-electron chi connectivity index (χ4n) is 2.93. The second-order valence-electron chi connectivity index (χ2n) is 6.30. The number of unbranched alkanes of at least 4 members (excludes halogenated alkanes) is 1. The van der Waals surface area contributed by atoms with E-state index in [0.717, 1.165) is 24.0 Å². The highest BCUT2D eigenvalue weighted by atomic mass is 15.2. The fraction of sp³-hybridized carbons (Fsp3) is 0.765. The van der Waals surface area contributed by atoms with Gasteiger partial charge in [-0.25, -0.2) is 4.98 Å². The van der Waals surface area contributed by atoms with Crippen LogP contribution in [0.5, 0.6) is 0 Å². The summed E-state index contributed by atoms with van der Waals surface area (Å²) in [5.41, 5.74) is 1.04. The smallest absolute Gasteiger partial charge is 0.227 e. The van der Waals surface area contributed by atoms with Crippen LogP contribution in [0.15, 0.2) is 6.07 Å². The molecule has 1 N–H and O–H groups in total. The van der Waals surface area contributed by atoms with E-state index in [-0.39, 0.29) is 0 Å². The van der Waals surface area contributed by atoms with Gasteiger partial charge in [-0.3, -0.25) is 0 Å². The monoisotopic (exact) mass is 290 g/mol. The molecule has 1 aliphatic rings. The van der Waals surface area contributed by atoms with Gasteiger partial charge >= 0.3 is 0 Å². The third kappa shape index (κ3) is 5.18. The SMILES string of the molecule is CCCCN(C)c1nc(C)cc(NC2CCCCCC2)n1. The summed E-state index contributed by atoms with van der Waals surface area (Å²) in [6, 6.07) is 2.65. The molecule has 1 heterocycles. The van der Waals surface area contributed by atoms with Crippen molar-refractivity contribution in [3.8, 4) is 0 Å². The van der Waals surface area contributed by atoms with Gasteiger partial charge in [0.25, 0.3) is 0 Å². The third-order valence-corrected chi connectivity index (χ3v) is 4.24. The molecule has 0 atom stereocenters. The molecule has 1 fully saturated rings. The first kappa shape index (κ1) is 16.1. The average Bonchev–Trinajstić information content (AvgIpc) is 2.72. The fourth-order valence-corrected chi connectivity index (χ4v) is 2.93. The molecular weight excluding hydrogens is 260 g/mol. The minimum atomic E-state index is 0.579. The van der Waals surface area contributed by atoms with E-state index in [1.54, 1.807) is 0 Å². The van der Waals surface area contributed by atoms with Crippen LogP contribution in [0.25, 0.3) is 0 Å². The van der Waals surface area contributed by atoms with Crippen LogP contribution in [0, 0.1) is 6.92 Å². The van der Waals surface area contributed by atoms with E-state index < -0.39 is 0 Å². The molecule has 1 aromatic heterocycles. The molecule has 1 aromatic rings. The summed E-state index contributed by atoms with van der Waals surface area (Å²) < 4.78 is 0. The third-order valence-electron chi connectivity index (χ3n) is 4.24. The maximum Gasteiger partial charge on any atom is 0.227 e. The van der Waals surface area contributed by atoms with Crippen molar-refractivity contribution in [3.63, 3.8) is 0 Å². The lowest BCUT2D eigenvalue weighted by molar-refractivity contribution is 0.617. The minimum Gasteiger partial charge on any atom is -0.367 e. The molecule has 0 radical (unpaired) electrons. The number of hydrogen-bond acceptors (Lipinski definition) is 4. The molecule has 0 spiro atoms. The van der Waals surface area contributed by atoms with Gasteiger partial charge in [0.2, 0.25) is 5.95 Å². The molecule has 0 aromatic carbocycles. The second kappa shape index (κ2) is 8.20. The van der Waals surface area contributed by atoms with Crippen molar-refractivity contribution in [2.45, 2.75) is 71.3 Å². The lowest BCUT2D eigenvalue weighted by Gasteiger charge is -2.21. The Hall–Kier alpha value is -1.32. The van der Waals surface area contributed by atoms with Crippen LogP contribution in [0.3, 0.4) is 0 Å². The van der Waals surface area contributed by atoms with Gasteiger partial charge in [0.1, 0.15) is 5.82 Å². The number of hydrogen-bond donors (Lipinski definition) is 1. The van der Waals surface area contributed by atoms with Gasteiger partial charge in [0.15, 0.2) is 0 Å². The first-order chi connectivity index (χ1) is 10.2. The summed E-state index contributed by atoms with van der Waals surface area (Å²) >= 11 is 0. The summed E-state index contributed by atoms with van der Waals surface area (Å²) in [5, 5.41) is 3.64. The highest BCUT2D eigenvalue weighted by Crippen LogP contribution is 2.21. The Balaban J connectivity index is 2.03. The van der Waals surface area contributed by atoms with Gasteiger partial charge in [-0.05, 0) is 26.2 Å². The van der Waals surface area contributed by atoms with Crippen molar-refractivity contribution in [1.82, 2.24) is 9.97 Å². The molecule has 0 aliphatic heterocycles. The summed E-state index contributed by atoms with van der Waals surface area (Å²) in [6.45, 7) is 5.28. The Kier molecular flexibility index (Phi) is 6.27. The Bertz CT molecular complexity index is 425. The number of anilines is 2. The maximum absolute atomic E-state index is 4.71. The quantitative estimate of drug-likeness (QED) is 0.799. The van der Waals surface area contributed by atoms with Crippen molar-refractivity contribution in [2.24, 2.45) is 0 Å². The van der Waals surface area contributed by atoms with Crippen LogP contribution in [0.2, 0.25) is 0 Å². The zero-order chi connectivity index (χ0) is 15.1. The highest BCUT2D eigenvalue weighted by Gasteiger charge is 2.14. The first-order valence-corrected chi connectivity index (χ1v) is 8.52. The zero-order valence-corrected chi connectivity index (χ0v) is 13.9. The van der Waals surface area contributed by atoms with Crippen LogP contribution >= 0.6 is 0 Å². The van der Waals surface area contributed by atoms with Crippen molar-refractivity contribution >= 4 is 11.8 Å². The normalized spacial score (nSPS) is 16.5. The second-order valence-corrected chi connectivity index (χ2v) is 6.30. The van der Waals surface area contributed by atoms with Crippen LogP contribution in [0.1, 0.15) is 64.0 Å². The molecule has 0 saturated heterocycles. The van der Waals surface area contributed by atoms with Gasteiger partial charge < -0.3 is 10.2 Å². The van der Waals surface area contributed by atoms with Crippen LogP contribution in [-0.2, 0) is 0 Å². The summed E-state index contributed by atoms with van der Waals surface area (Å²) in [6.07, 6.45) is 10.4. The van der Waals surface area contributed by atoms with Gasteiger partial charge in [-0.15, -0.1) is 0 Å². The molecule has 4 heteroatoms. The lowest BCUT2D eigenvalue weighted by atomic mass is 10.1. The van der Waals surface area contributed by atoms with E-state index >= 15 is 0 Å². The number of nitrogens with one attached hydrogen (secondary N) is 1. The zero-order valence-electron chi connectivity index (χ0n) is 13.9. The van der Waals surface area contributed by atoms with Crippen LogP contribution < -0.4 is 10.2 Å². The maximum atomic E-state index is 4.71. The molecule has 1 aliphatic carbocycles. The molecule has 1 saturated carbocycles. The largest absolute Gasteiger partial charge is 0.367 e. The average molecular weight is 290 g/mol. The molecule has 21 heavy (non-hydrogen) atoms. The van der Waals surface area contributed by atoms with Crippen molar-refractivity contribution in [2.75, 3.05) is 23.8 Å². The lowest BCUT2D eigenvalue weighted by Crippen LogP contribution is -2.23. The van der Waals surface area contributed by atoms with Crippen LogP contribution in [-0.4, -0.2) is 29.6 Å². The number of rotatable bonds is 6. The summed E-state index contributed by atoms with van der Waals surface area (Å²) in [5.74, 6) is 1.84. The molecule has 2 rings (SSSR count). The molecule has 4 nitrogen and oxygen atoms in total. The van der Waals surface area contributed by atoms with E-state index in [4.69, 9.17) is 4.98 Å². The van der Waals surface area contributed by atoms with E-state index in [1.807, 2.05) is 0 Å².